The molecule has 5 nitrogen and oxygen atoms in total. The normalized spacial score (nSPS) is 16.0. The average molecular weight is 411 g/mol. The number of amides is 1. The van der Waals surface area contributed by atoms with Crippen LogP contribution in [-0.4, -0.2) is 29.8 Å². The highest BCUT2D eigenvalue weighted by atomic mass is 79.9. The van der Waals surface area contributed by atoms with Crippen molar-refractivity contribution in [2.45, 2.75) is 42.5 Å². The number of hydrogen-bond acceptors (Lipinski definition) is 5. The lowest BCUT2D eigenvalue weighted by Gasteiger charge is -2.31. The number of hydrogen-bond donors (Lipinski definition) is 1. The van der Waals surface area contributed by atoms with E-state index in [1.165, 1.54) is 11.8 Å². The average Bonchev–Trinajstić information content (AvgIpc) is 2.60. The van der Waals surface area contributed by atoms with Crippen LogP contribution in [0.15, 0.2) is 33.6 Å². The second-order valence-corrected chi connectivity index (χ2v) is 7.67. The Morgan fingerprint density at radius 2 is 1.92 bits per heavy atom. The fourth-order valence-corrected chi connectivity index (χ4v) is 3.54. The molecule has 2 rings (SSSR count). The zero-order valence-electron chi connectivity index (χ0n) is 13.2. The molecular weight excluding hydrogens is 392 g/mol. The molecule has 0 atom stereocenters. The molecule has 1 aromatic carbocycles. The van der Waals surface area contributed by atoms with E-state index in [0.717, 1.165) is 28.6 Å². The highest BCUT2D eigenvalue weighted by Crippen LogP contribution is 2.27. The minimum atomic E-state index is -0.798. The first-order valence-corrected chi connectivity index (χ1v) is 9.57. The Morgan fingerprint density at radius 3 is 2.54 bits per heavy atom. The molecule has 0 aliphatic heterocycles. The molecule has 0 radical (unpaired) electrons. The molecular formula is C17H19BrN2O3S. The van der Waals surface area contributed by atoms with Crippen LogP contribution in [0.5, 0.6) is 0 Å². The minimum Gasteiger partial charge on any atom is -0.455 e. The molecule has 128 valence electrons. The van der Waals surface area contributed by atoms with Crippen molar-refractivity contribution in [3.63, 3.8) is 0 Å². The molecule has 0 heterocycles. The summed E-state index contributed by atoms with van der Waals surface area (Å²) in [6.45, 7) is -0.344. The van der Waals surface area contributed by atoms with Gasteiger partial charge in [-0.1, -0.05) is 35.2 Å². The van der Waals surface area contributed by atoms with Crippen LogP contribution in [0.4, 0.5) is 0 Å². The zero-order chi connectivity index (χ0) is 17.4. The predicted molar refractivity (Wildman–Crippen MR) is 95.4 cm³/mol. The third kappa shape index (κ3) is 5.84. The van der Waals surface area contributed by atoms with Crippen molar-refractivity contribution in [2.75, 3.05) is 12.4 Å². The van der Waals surface area contributed by atoms with Gasteiger partial charge >= 0.3 is 5.97 Å². The first-order valence-electron chi connectivity index (χ1n) is 7.79. The van der Waals surface area contributed by atoms with Gasteiger partial charge in [-0.15, -0.1) is 11.8 Å². The van der Waals surface area contributed by atoms with Gasteiger partial charge in [-0.2, -0.15) is 5.26 Å². The smallest absolute Gasteiger partial charge is 0.316 e. The lowest BCUT2D eigenvalue weighted by atomic mass is 9.83. The van der Waals surface area contributed by atoms with Crippen LogP contribution >= 0.6 is 27.7 Å². The maximum atomic E-state index is 11.9. The van der Waals surface area contributed by atoms with Crippen LogP contribution in [0.25, 0.3) is 0 Å². The Hall–Kier alpha value is -1.52. The molecule has 1 aliphatic rings. The summed E-state index contributed by atoms with van der Waals surface area (Å²) in [6.07, 6.45) is 4.25. The molecule has 0 unspecified atom stereocenters. The standard InChI is InChI=1S/C17H19BrN2O3S/c18-13-4-6-14(7-5-13)24-11-16(22)23-10-15(21)20-17(12-19)8-2-1-3-9-17/h4-7H,1-3,8-11H2,(H,20,21). The molecule has 24 heavy (non-hydrogen) atoms. The Labute approximate surface area is 154 Å². The quantitative estimate of drug-likeness (QED) is 0.573. The van der Waals surface area contributed by atoms with Gasteiger partial charge in [0.25, 0.3) is 5.91 Å². The van der Waals surface area contributed by atoms with Crippen molar-refractivity contribution in [1.29, 1.82) is 5.26 Å². The SMILES string of the molecule is N#CC1(NC(=O)COC(=O)CSc2ccc(Br)cc2)CCCCC1. The van der Waals surface area contributed by atoms with Crippen LogP contribution in [0.2, 0.25) is 0 Å². The number of halogens is 1. The monoisotopic (exact) mass is 410 g/mol. The van der Waals surface area contributed by atoms with Gasteiger partial charge < -0.3 is 10.1 Å². The Bertz CT molecular complexity index is 622. The predicted octanol–water partition coefficient (Wildman–Crippen LogP) is 3.43. The first kappa shape index (κ1) is 18.8. The summed E-state index contributed by atoms with van der Waals surface area (Å²) in [4.78, 5) is 24.6. The fourth-order valence-electron chi connectivity index (χ4n) is 2.58. The van der Waals surface area contributed by atoms with Crippen LogP contribution in [0, 0.1) is 11.3 Å². The largest absolute Gasteiger partial charge is 0.455 e. The maximum absolute atomic E-state index is 11.9. The summed E-state index contributed by atoms with van der Waals surface area (Å²) in [6, 6.07) is 9.79. The van der Waals surface area contributed by atoms with Gasteiger partial charge in [-0.05, 0) is 37.1 Å². The number of esters is 1. The summed E-state index contributed by atoms with van der Waals surface area (Å²) in [5, 5.41) is 12.0. The topological polar surface area (TPSA) is 79.2 Å². The van der Waals surface area contributed by atoms with E-state index in [0.29, 0.717) is 12.8 Å². The number of benzene rings is 1. The van der Waals surface area contributed by atoms with Crippen LogP contribution in [0.3, 0.4) is 0 Å². The van der Waals surface area contributed by atoms with Gasteiger partial charge in [0, 0.05) is 9.37 Å². The number of nitrogens with one attached hydrogen (secondary N) is 1. The molecule has 0 saturated heterocycles. The van der Waals surface area contributed by atoms with E-state index in [9.17, 15) is 14.9 Å². The third-order valence-corrected chi connectivity index (χ3v) is 5.35. The summed E-state index contributed by atoms with van der Waals surface area (Å²) in [5.41, 5.74) is -0.798. The summed E-state index contributed by atoms with van der Waals surface area (Å²) in [7, 11) is 0. The molecule has 0 bridgehead atoms. The fraction of sp³-hybridized carbons (Fsp3) is 0.471. The van der Waals surface area contributed by atoms with E-state index in [1.807, 2.05) is 24.3 Å². The van der Waals surface area contributed by atoms with Crippen LogP contribution < -0.4 is 5.32 Å². The highest BCUT2D eigenvalue weighted by Gasteiger charge is 2.33. The van der Waals surface area contributed by atoms with Crippen molar-refractivity contribution in [1.82, 2.24) is 5.32 Å². The Kier molecular flexibility index (Phi) is 7.13. The number of thioether (sulfide) groups is 1. The molecule has 1 saturated carbocycles. The van der Waals surface area contributed by atoms with Crippen molar-refractivity contribution in [3.05, 3.63) is 28.7 Å². The highest BCUT2D eigenvalue weighted by molar-refractivity contribution is 9.10. The molecule has 7 heteroatoms. The van der Waals surface area contributed by atoms with E-state index in [4.69, 9.17) is 4.74 Å². The van der Waals surface area contributed by atoms with Crippen LogP contribution in [0.1, 0.15) is 32.1 Å². The van der Waals surface area contributed by atoms with Gasteiger partial charge in [0.15, 0.2) is 6.61 Å². The first-order chi connectivity index (χ1) is 11.5. The molecule has 1 N–H and O–H groups in total. The Balaban J connectivity index is 1.72. The van der Waals surface area contributed by atoms with E-state index in [1.54, 1.807) is 0 Å². The number of nitrogens with zero attached hydrogens (tertiary/aromatic N) is 1. The number of carbonyl (C=O) groups excluding carboxylic acids is 2. The van der Waals surface area contributed by atoms with Crippen LogP contribution in [-0.2, 0) is 14.3 Å². The van der Waals surface area contributed by atoms with Gasteiger partial charge in [0.05, 0.1) is 11.8 Å². The Morgan fingerprint density at radius 1 is 1.25 bits per heavy atom. The molecule has 1 aromatic rings. The second-order valence-electron chi connectivity index (χ2n) is 5.71. The lowest BCUT2D eigenvalue weighted by molar-refractivity contribution is -0.146. The van der Waals surface area contributed by atoms with Crippen molar-refractivity contribution >= 4 is 39.6 Å². The number of ether oxygens (including phenoxy) is 1. The third-order valence-electron chi connectivity index (χ3n) is 3.83. The van der Waals surface area contributed by atoms with Gasteiger partial charge in [0.2, 0.25) is 0 Å². The molecule has 0 aromatic heterocycles. The van der Waals surface area contributed by atoms with Gasteiger partial charge in [-0.3, -0.25) is 9.59 Å². The number of rotatable bonds is 6. The van der Waals surface area contributed by atoms with Crippen molar-refractivity contribution in [2.24, 2.45) is 0 Å². The summed E-state index contributed by atoms with van der Waals surface area (Å²) < 4.78 is 5.96. The second kappa shape index (κ2) is 9.09. The van der Waals surface area contributed by atoms with E-state index < -0.39 is 17.4 Å². The lowest BCUT2D eigenvalue weighted by Crippen LogP contribution is -2.50. The maximum Gasteiger partial charge on any atom is 0.316 e. The number of nitriles is 1. The molecule has 1 aliphatic carbocycles. The number of carbonyl (C=O) groups is 2. The molecule has 1 amide bonds. The molecule has 1 fully saturated rings. The minimum absolute atomic E-state index is 0.137. The van der Waals surface area contributed by atoms with Crippen molar-refractivity contribution in [3.8, 4) is 6.07 Å². The van der Waals surface area contributed by atoms with Gasteiger partial charge in [0.1, 0.15) is 5.54 Å². The summed E-state index contributed by atoms with van der Waals surface area (Å²) >= 11 is 4.70. The van der Waals surface area contributed by atoms with Crippen molar-refractivity contribution < 1.29 is 14.3 Å². The van der Waals surface area contributed by atoms with E-state index >= 15 is 0 Å². The summed E-state index contributed by atoms with van der Waals surface area (Å²) in [5.74, 6) is -0.730. The molecule has 0 spiro atoms. The van der Waals surface area contributed by atoms with Gasteiger partial charge in [-0.25, -0.2) is 0 Å². The zero-order valence-corrected chi connectivity index (χ0v) is 15.6. The van der Waals surface area contributed by atoms with E-state index in [2.05, 4.69) is 27.3 Å². The van der Waals surface area contributed by atoms with E-state index in [-0.39, 0.29) is 12.4 Å².